The van der Waals surface area contributed by atoms with Crippen LogP contribution in [0.1, 0.15) is 20.3 Å². The molecule has 0 amide bonds. The van der Waals surface area contributed by atoms with Crippen LogP contribution >= 0.6 is 0 Å². The van der Waals surface area contributed by atoms with Gasteiger partial charge in [0, 0.05) is 13.6 Å². The number of nitrogens with one attached hydrogen (secondary N) is 1. The summed E-state index contributed by atoms with van der Waals surface area (Å²) in [5.41, 5.74) is 0. The Hall–Kier alpha value is -1.06. The van der Waals surface area contributed by atoms with Gasteiger partial charge in [0.25, 0.3) is 0 Å². The first-order valence-electron chi connectivity index (χ1n) is 3.94. The minimum absolute atomic E-state index is 0.327. The van der Waals surface area contributed by atoms with Gasteiger partial charge in [-0.25, -0.2) is 0 Å². The Bertz CT molecular complexity index is 160. The number of amidine groups is 1. The molecule has 0 aliphatic rings. The van der Waals surface area contributed by atoms with E-state index in [4.69, 9.17) is 10.5 Å². The molecule has 4 heteroatoms. The third-order valence-corrected chi connectivity index (χ3v) is 1.89. The van der Waals surface area contributed by atoms with E-state index in [2.05, 4.69) is 0 Å². The van der Waals surface area contributed by atoms with Crippen LogP contribution in [0.4, 0.5) is 0 Å². The summed E-state index contributed by atoms with van der Waals surface area (Å²) in [6, 6.07) is 0. The zero-order valence-electron chi connectivity index (χ0n) is 7.79. The van der Waals surface area contributed by atoms with Crippen LogP contribution in [0, 0.1) is 11.3 Å². The summed E-state index contributed by atoms with van der Waals surface area (Å²) in [6.45, 7) is 3.99. The number of hydrogen-bond donors (Lipinski definition) is 2. The second-order valence-electron chi connectivity index (χ2n) is 3.03. The van der Waals surface area contributed by atoms with Crippen molar-refractivity contribution >= 4 is 11.8 Å². The molecule has 0 aliphatic carbocycles. The first kappa shape index (κ1) is 10.9. The fourth-order valence-electron chi connectivity index (χ4n) is 0.678. The van der Waals surface area contributed by atoms with E-state index in [1.165, 1.54) is 0 Å². The summed E-state index contributed by atoms with van der Waals surface area (Å²) in [5, 5.41) is 15.8. The summed E-state index contributed by atoms with van der Waals surface area (Å²) in [6.07, 6.45) is 0.585. The van der Waals surface area contributed by atoms with Gasteiger partial charge in [-0.05, 0) is 13.3 Å². The fourth-order valence-corrected chi connectivity index (χ4v) is 0.678. The molecule has 1 unspecified atom stereocenters. The van der Waals surface area contributed by atoms with Crippen LogP contribution in [0.2, 0.25) is 0 Å². The van der Waals surface area contributed by atoms with Crippen molar-refractivity contribution in [3.63, 3.8) is 0 Å². The molecular formula is C8H16N2O2. The van der Waals surface area contributed by atoms with Gasteiger partial charge in [-0.1, -0.05) is 6.92 Å². The molecule has 0 spiro atoms. The molecule has 0 fully saturated rings. The van der Waals surface area contributed by atoms with Crippen molar-refractivity contribution in [2.75, 3.05) is 13.6 Å². The first-order chi connectivity index (χ1) is 5.45. The second kappa shape index (κ2) is 4.74. The van der Waals surface area contributed by atoms with Crippen molar-refractivity contribution in [2.24, 2.45) is 5.92 Å². The SMILES string of the molecule is CC(=N)N(C)CCC(C)C(=O)O. The molecule has 0 rings (SSSR count). The molecule has 0 aromatic heterocycles. The van der Waals surface area contributed by atoms with Crippen LogP contribution < -0.4 is 0 Å². The Morgan fingerprint density at radius 2 is 2.17 bits per heavy atom. The van der Waals surface area contributed by atoms with Gasteiger partial charge < -0.3 is 10.0 Å². The maximum Gasteiger partial charge on any atom is 0.306 e. The highest BCUT2D eigenvalue weighted by molar-refractivity contribution is 5.76. The average Bonchev–Trinajstić information content (AvgIpc) is 1.98. The van der Waals surface area contributed by atoms with E-state index >= 15 is 0 Å². The molecule has 0 aromatic carbocycles. The van der Waals surface area contributed by atoms with E-state index in [9.17, 15) is 4.79 Å². The number of hydrogen-bond acceptors (Lipinski definition) is 2. The molecule has 0 saturated carbocycles. The second-order valence-corrected chi connectivity index (χ2v) is 3.03. The Morgan fingerprint density at radius 3 is 2.50 bits per heavy atom. The van der Waals surface area contributed by atoms with E-state index in [1.807, 2.05) is 0 Å². The third-order valence-electron chi connectivity index (χ3n) is 1.89. The maximum atomic E-state index is 10.4. The number of nitrogens with zero attached hydrogens (tertiary/aromatic N) is 1. The summed E-state index contributed by atoms with van der Waals surface area (Å²) >= 11 is 0. The summed E-state index contributed by atoms with van der Waals surface area (Å²) < 4.78 is 0. The molecule has 1 atom stereocenters. The Balaban J connectivity index is 3.68. The quantitative estimate of drug-likeness (QED) is 0.491. The average molecular weight is 172 g/mol. The van der Waals surface area contributed by atoms with Gasteiger partial charge in [0.15, 0.2) is 0 Å². The number of carbonyl (C=O) groups is 1. The Morgan fingerprint density at radius 1 is 1.67 bits per heavy atom. The Kier molecular flexibility index (Phi) is 4.33. The molecule has 0 radical (unpaired) electrons. The zero-order valence-corrected chi connectivity index (χ0v) is 7.79. The lowest BCUT2D eigenvalue weighted by molar-refractivity contribution is -0.141. The van der Waals surface area contributed by atoms with Crippen LogP contribution in [0.15, 0.2) is 0 Å². The molecule has 0 aliphatic heterocycles. The van der Waals surface area contributed by atoms with Crippen molar-refractivity contribution in [2.45, 2.75) is 20.3 Å². The van der Waals surface area contributed by atoms with E-state index in [-0.39, 0.29) is 5.92 Å². The normalized spacial score (nSPS) is 12.2. The highest BCUT2D eigenvalue weighted by Crippen LogP contribution is 2.02. The van der Waals surface area contributed by atoms with Gasteiger partial charge in [-0.2, -0.15) is 0 Å². The molecule has 0 saturated heterocycles. The van der Waals surface area contributed by atoms with Crippen LogP contribution in [-0.2, 0) is 4.79 Å². The monoisotopic (exact) mass is 172 g/mol. The third kappa shape index (κ3) is 3.95. The smallest absolute Gasteiger partial charge is 0.306 e. The Labute approximate surface area is 72.7 Å². The van der Waals surface area contributed by atoms with E-state index < -0.39 is 5.97 Å². The molecule has 70 valence electrons. The van der Waals surface area contributed by atoms with Crippen LogP contribution in [0.3, 0.4) is 0 Å². The lowest BCUT2D eigenvalue weighted by atomic mass is 10.1. The van der Waals surface area contributed by atoms with Gasteiger partial charge in [-0.3, -0.25) is 10.2 Å². The van der Waals surface area contributed by atoms with Gasteiger partial charge in [0.1, 0.15) is 0 Å². The van der Waals surface area contributed by atoms with Crippen molar-refractivity contribution in [1.29, 1.82) is 5.41 Å². The van der Waals surface area contributed by atoms with E-state index in [0.29, 0.717) is 18.8 Å². The molecule has 2 N–H and O–H groups in total. The molecule has 0 aromatic rings. The molecule has 0 bridgehead atoms. The maximum absolute atomic E-state index is 10.4. The topological polar surface area (TPSA) is 64.4 Å². The summed E-state index contributed by atoms with van der Waals surface area (Å²) in [7, 11) is 1.79. The van der Waals surface area contributed by atoms with Gasteiger partial charge >= 0.3 is 5.97 Å². The minimum Gasteiger partial charge on any atom is -0.481 e. The summed E-state index contributed by atoms with van der Waals surface area (Å²) in [4.78, 5) is 12.1. The zero-order chi connectivity index (χ0) is 9.72. The number of carboxylic acids is 1. The van der Waals surface area contributed by atoms with Crippen molar-refractivity contribution in [1.82, 2.24) is 4.90 Å². The number of aliphatic carboxylic acids is 1. The highest BCUT2D eigenvalue weighted by atomic mass is 16.4. The summed E-state index contributed by atoms with van der Waals surface area (Å²) in [5.74, 6) is -0.634. The van der Waals surface area contributed by atoms with Crippen molar-refractivity contribution in [3.05, 3.63) is 0 Å². The predicted molar refractivity (Wildman–Crippen MR) is 47.4 cm³/mol. The standard InChI is InChI=1S/C8H16N2O2/c1-6(8(11)12)4-5-10(3)7(2)9/h6,9H,4-5H2,1-3H3,(H,11,12). The van der Waals surface area contributed by atoms with E-state index in [0.717, 1.165) is 0 Å². The molecule has 12 heavy (non-hydrogen) atoms. The van der Waals surface area contributed by atoms with Gasteiger partial charge in [0.05, 0.1) is 11.8 Å². The molecule has 0 heterocycles. The lowest BCUT2D eigenvalue weighted by Gasteiger charge is -2.18. The van der Waals surface area contributed by atoms with Crippen LogP contribution in [0.5, 0.6) is 0 Å². The van der Waals surface area contributed by atoms with Gasteiger partial charge in [-0.15, -0.1) is 0 Å². The number of carboxylic acid groups (broad SMARTS) is 1. The minimum atomic E-state index is -0.772. The van der Waals surface area contributed by atoms with Crippen LogP contribution in [0.25, 0.3) is 0 Å². The van der Waals surface area contributed by atoms with Crippen molar-refractivity contribution in [3.8, 4) is 0 Å². The largest absolute Gasteiger partial charge is 0.481 e. The number of rotatable bonds is 4. The molecular weight excluding hydrogens is 156 g/mol. The van der Waals surface area contributed by atoms with Crippen LogP contribution in [-0.4, -0.2) is 35.4 Å². The van der Waals surface area contributed by atoms with Gasteiger partial charge in [0.2, 0.25) is 0 Å². The van der Waals surface area contributed by atoms with E-state index in [1.54, 1.807) is 25.8 Å². The van der Waals surface area contributed by atoms with Crippen molar-refractivity contribution < 1.29 is 9.90 Å². The molecule has 4 nitrogen and oxygen atoms in total. The predicted octanol–water partition coefficient (Wildman–Crippen LogP) is 1.03. The lowest BCUT2D eigenvalue weighted by Crippen LogP contribution is -2.26. The first-order valence-corrected chi connectivity index (χ1v) is 3.94. The highest BCUT2D eigenvalue weighted by Gasteiger charge is 2.11. The fraction of sp³-hybridized carbons (Fsp3) is 0.750.